The molecule has 2 aromatic carbocycles. The molecule has 0 bridgehead atoms. The highest BCUT2D eigenvalue weighted by molar-refractivity contribution is 7.89. The Labute approximate surface area is 157 Å². The summed E-state index contributed by atoms with van der Waals surface area (Å²) >= 11 is 12.1. The van der Waals surface area contributed by atoms with Gasteiger partial charge in [-0.3, -0.25) is 4.79 Å². The highest BCUT2D eigenvalue weighted by Gasteiger charge is 2.21. The maximum atomic E-state index is 12.7. The number of halogens is 2. The minimum absolute atomic E-state index is 0.1000. The zero-order chi connectivity index (χ0) is 18.8. The van der Waals surface area contributed by atoms with Crippen molar-refractivity contribution in [2.45, 2.75) is 17.9 Å². The van der Waals surface area contributed by atoms with Gasteiger partial charge in [-0.05, 0) is 55.9 Å². The van der Waals surface area contributed by atoms with Gasteiger partial charge in [-0.15, -0.1) is 0 Å². The molecule has 8 heteroatoms. The van der Waals surface area contributed by atoms with Crippen molar-refractivity contribution in [3.63, 3.8) is 0 Å². The van der Waals surface area contributed by atoms with Gasteiger partial charge in [-0.1, -0.05) is 29.3 Å². The minimum Gasteiger partial charge on any atom is -0.335 e. The molecule has 1 atom stereocenters. The average molecular weight is 401 g/mol. The lowest BCUT2D eigenvalue weighted by Crippen LogP contribution is -2.30. The molecule has 25 heavy (non-hydrogen) atoms. The number of benzene rings is 2. The van der Waals surface area contributed by atoms with Crippen LogP contribution in [0.4, 0.5) is 0 Å². The predicted molar refractivity (Wildman–Crippen MR) is 99.7 cm³/mol. The Morgan fingerprint density at radius 2 is 1.72 bits per heavy atom. The van der Waals surface area contributed by atoms with Crippen LogP contribution in [0.15, 0.2) is 47.4 Å². The van der Waals surface area contributed by atoms with E-state index in [-0.39, 0.29) is 16.8 Å². The van der Waals surface area contributed by atoms with Crippen molar-refractivity contribution < 1.29 is 13.2 Å². The van der Waals surface area contributed by atoms with Crippen molar-refractivity contribution in [3.05, 3.63) is 63.6 Å². The first-order valence-electron chi connectivity index (χ1n) is 7.43. The Kier molecular flexibility index (Phi) is 6.11. The van der Waals surface area contributed by atoms with E-state index in [0.29, 0.717) is 15.6 Å². The number of sulfonamides is 1. The smallest absolute Gasteiger partial charge is 0.254 e. The number of carbonyl (C=O) groups excluding carboxylic acids is 1. The number of nitrogens with zero attached hydrogens (tertiary/aromatic N) is 1. The Morgan fingerprint density at radius 1 is 1.12 bits per heavy atom. The van der Waals surface area contributed by atoms with Gasteiger partial charge in [0.15, 0.2) is 0 Å². The van der Waals surface area contributed by atoms with Crippen molar-refractivity contribution in [1.29, 1.82) is 0 Å². The van der Waals surface area contributed by atoms with E-state index in [2.05, 4.69) is 4.72 Å². The first-order chi connectivity index (χ1) is 11.7. The van der Waals surface area contributed by atoms with E-state index in [0.717, 1.165) is 5.56 Å². The van der Waals surface area contributed by atoms with E-state index in [1.165, 1.54) is 36.2 Å². The number of hydrogen-bond donors (Lipinski definition) is 1. The second-order valence-electron chi connectivity index (χ2n) is 5.49. The summed E-state index contributed by atoms with van der Waals surface area (Å²) in [6, 6.07) is 10.6. The first-order valence-corrected chi connectivity index (χ1v) is 9.67. The quantitative estimate of drug-likeness (QED) is 0.830. The monoisotopic (exact) mass is 400 g/mol. The minimum atomic E-state index is -3.53. The highest BCUT2D eigenvalue weighted by atomic mass is 35.5. The van der Waals surface area contributed by atoms with Crippen LogP contribution in [0.5, 0.6) is 0 Å². The summed E-state index contributed by atoms with van der Waals surface area (Å²) in [5.41, 5.74) is 1.16. The Morgan fingerprint density at radius 3 is 2.24 bits per heavy atom. The summed E-state index contributed by atoms with van der Waals surface area (Å²) in [7, 11) is -0.539. The summed E-state index contributed by atoms with van der Waals surface area (Å²) in [4.78, 5) is 14.3. The van der Waals surface area contributed by atoms with Gasteiger partial charge in [0, 0.05) is 22.7 Å². The number of rotatable bonds is 5. The van der Waals surface area contributed by atoms with Gasteiger partial charge in [0.25, 0.3) is 5.91 Å². The van der Waals surface area contributed by atoms with Crippen molar-refractivity contribution in [3.8, 4) is 0 Å². The molecule has 0 radical (unpaired) electrons. The van der Waals surface area contributed by atoms with Gasteiger partial charge in [0.1, 0.15) is 0 Å². The predicted octanol–water partition coefficient (Wildman–Crippen LogP) is 3.73. The SMILES string of the molecule is CNS(=O)(=O)c1ccc(C(=O)N(C)C(C)c2ccc(Cl)cc2Cl)cc1. The van der Waals surface area contributed by atoms with Gasteiger partial charge in [-0.2, -0.15) is 0 Å². The van der Waals surface area contributed by atoms with Gasteiger partial charge < -0.3 is 4.90 Å². The lowest BCUT2D eigenvalue weighted by Gasteiger charge is -2.26. The molecule has 2 aromatic rings. The van der Waals surface area contributed by atoms with Crippen LogP contribution in [0.3, 0.4) is 0 Å². The van der Waals surface area contributed by atoms with Crippen molar-refractivity contribution in [1.82, 2.24) is 9.62 Å². The van der Waals surface area contributed by atoms with E-state index in [4.69, 9.17) is 23.2 Å². The molecule has 0 saturated carbocycles. The summed E-state index contributed by atoms with van der Waals surface area (Å²) in [6.07, 6.45) is 0. The molecule has 0 heterocycles. The van der Waals surface area contributed by atoms with Crippen LogP contribution in [-0.4, -0.2) is 33.3 Å². The molecule has 0 aliphatic carbocycles. The van der Waals surface area contributed by atoms with Crippen molar-refractivity contribution in [2.24, 2.45) is 0 Å². The third kappa shape index (κ3) is 4.33. The molecule has 134 valence electrons. The molecule has 1 unspecified atom stereocenters. The molecule has 1 N–H and O–H groups in total. The Bertz CT molecular complexity index is 883. The molecule has 2 rings (SSSR count). The van der Waals surface area contributed by atoms with Gasteiger partial charge >= 0.3 is 0 Å². The molecular weight excluding hydrogens is 383 g/mol. The fourth-order valence-electron chi connectivity index (χ4n) is 2.32. The lowest BCUT2D eigenvalue weighted by molar-refractivity contribution is 0.0742. The lowest BCUT2D eigenvalue weighted by atomic mass is 10.1. The standard InChI is InChI=1S/C17H18Cl2N2O3S/c1-11(15-9-6-13(18)10-16(15)19)21(3)17(22)12-4-7-14(8-5-12)25(23,24)20-2/h4-11,20H,1-3H3. The number of amides is 1. The average Bonchev–Trinajstić information content (AvgIpc) is 2.60. The summed E-state index contributed by atoms with van der Waals surface area (Å²) in [5, 5.41) is 1.01. The summed E-state index contributed by atoms with van der Waals surface area (Å²) < 4.78 is 25.7. The van der Waals surface area contributed by atoms with Crippen LogP contribution in [0.2, 0.25) is 10.0 Å². The topological polar surface area (TPSA) is 66.5 Å². The number of hydrogen-bond acceptors (Lipinski definition) is 3. The van der Waals surface area contributed by atoms with Crippen LogP contribution >= 0.6 is 23.2 Å². The molecule has 1 amide bonds. The molecule has 0 aliphatic heterocycles. The highest BCUT2D eigenvalue weighted by Crippen LogP contribution is 2.29. The van der Waals surface area contributed by atoms with Gasteiger partial charge in [0.2, 0.25) is 10.0 Å². The summed E-state index contributed by atoms with van der Waals surface area (Å²) in [5.74, 6) is -0.244. The van der Waals surface area contributed by atoms with Gasteiger partial charge in [-0.25, -0.2) is 13.1 Å². The van der Waals surface area contributed by atoms with Crippen LogP contribution in [0, 0.1) is 0 Å². The third-order valence-electron chi connectivity index (χ3n) is 3.99. The fraction of sp³-hybridized carbons (Fsp3) is 0.235. The van der Waals surface area contributed by atoms with E-state index < -0.39 is 10.0 Å². The number of nitrogens with one attached hydrogen (secondary N) is 1. The normalized spacial score (nSPS) is 12.7. The third-order valence-corrected chi connectivity index (χ3v) is 5.99. The van der Waals surface area contributed by atoms with E-state index in [1.54, 1.807) is 25.2 Å². The Balaban J connectivity index is 2.24. The zero-order valence-electron chi connectivity index (χ0n) is 14.0. The van der Waals surface area contributed by atoms with E-state index >= 15 is 0 Å². The Hall–Kier alpha value is -1.60. The zero-order valence-corrected chi connectivity index (χ0v) is 16.3. The molecular formula is C17H18Cl2N2O3S. The summed E-state index contributed by atoms with van der Waals surface area (Å²) in [6.45, 7) is 1.85. The molecule has 0 fully saturated rings. The maximum Gasteiger partial charge on any atom is 0.254 e. The maximum absolute atomic E-state index is 12.7. The first kappa shape index (κ1) is 19.7. The van der Waals surface area contributed by atoms with Gasteiger partial charge in [0.05, 0.1) is 10.9 Å². The van der Waals surface area contributed by atoms with E-state index in [9.17, 15) is 13.2 Å². The second-order valence-corrected chi connectivity index (χ2v) is 8.22. The molecule has 0 aromatic heterocycles. The van der Waals surface area contributed by atoms with Crippen LogP contribution in [0.1, 0.15) is 28.9 Å². The van der Waals surface area contributed by atoms with Crippen molar-refractivity contribution >= 4 is 39.1 Å². The fourth-order valence-corrected chi connectivity index (χ4v) is 3.62. The largest absolute Gasteiger partial charge is 0.335 e. The molecule has 0 spiro atoms. The number of carbonyl (C=O) groups is 1. The van der Waals surface area contributed by atoms with Crippen molar-refractivity contribution in [2.75, 3.05) is 14.1 Å². The molecule has 0 aliphatic rings. The van der Waals surface area contributed by atoms with Crippen LogP contribution in [-0.2, 0) is 10.0 Å². The molecule has 0 saturated heterocycles. The van der Waals surface area contributed by atoms with E-state index in [1.807, 2.05) is 6.92 Å². The second kappa shape index (κ2) is 7.74. The van der Waals surface area contributed by atoms with Crippen LogP contribution in [0.25, 0.3) is 0 Å². The van der Waals surface area contributed by atoms with Crippen LogP contribution < -0.4 is 4.72 Å². The molecule has 5 nitrogen and oxygen atoms in total.